The van der Waals surface area contributed by atoms with Crippen LogP contribution in [0.1, 0.15) is 54.0 Å². The first-order valence-corrected chi connectivity index (χ1v) is 10.3. The maximum Gasteiger partial charge on any atom is 0.274 e. The molecule has 29 heavy (non-hydrogen) atoms. The first-order chi connectivity index (χ1) is 13.8. The summed E-state index contributed by atoms with van der Waals surface area (Å²) < 4.78 is 1.96. The number of likely N-dealkylation sites (tertiary alicyclic amines) is 1. The van der Waals surface area contributed by atoms with Crippen molar-refractivity contribution in [3.05, 3.63) is 48.0 Å². The minimum Gasteiger partial charge on any atom is -0.342 e. The Kier molecular flexibility index (Phi) is 5.87. The Bertz CT molecular complexity index is 935. The Morgan fingerprint density at radius 1 is 1.10 bits per heavy atom. The van der Waals surface area contributed by atoms with Gasteiger partial charge in [0.1, 0.15) is 11.5 Å². The molecule has 3 aromatic rings. The number of imidazole rings is 1. The van der Waals surface area contributed by atoms with Crippen molar-refractivity contribution >= 4 is 29.3 Å². The van der Waals surface area contributed by atoms with E-state index in [2.05, 4.69) is 21.5 Å². The van der Waals surface area contributed by atoms with Gasteiger partial charge in [-0.2, -0.15) is 5.10 Å². The van der Waals surface area contributed by atoms with Crippen molar-refractivity contribution in [1.82, 2.24) is 30.0 Å². The van der Waals surface area contributed by atoms with E-state index < -0.39 is 0 Å². The summed E-state index contributed by atoms with van der Waals surface area (Å²) in [5.74, 6) is 1.47. The molecule has 2 aliphatic heterocycles. The highest BCUT2D eigenvalue weighted by molar-refractivity contribution is 5.92. The molecular formula is C21H27ClN6O. The minimum absolute atomic E-state index is 0. The summed E-state index contributed by atoms with van der Waals surface area (Å²) in [5.41, 5.74) is 2.66. The highest BCUT2D eigenvalue weighted by Gasteiger charge is 2.28. The van der Waals surface area contributed by atoms with Crippen LogP contribution in [-0.2, 0) is 0 Å². The lowest BCUT2D eigenvalue weighted by molar-refractivity contribution is 0.0704. The van der Waals surface area contributed by atoms with E-state index in [9.17, 15) is 4.79 Å². The number of H-pyrrole nitrogens is 1. The molecule has 0 saturated carbocycles. The van der Waals surface area contributed by atoms with Crippen molar-refractivity contribution in [2.75, 3.05) is 26.2 Å². The molecule has 2 fully saturated rings. The molecule has 8 heteroatoms. The molecule has 1 amide bonds. The third-order valence-corrected chi connectivity index (χ3v) is 6.05. The second-order valence-corrected chi connectivity index (χ2v) is 7.89. The van der Waals surface area contributed by atoms with Crippen LogP contribution in [0.25, 0.3) is 11.0 Å². The van der Waals surface area contributed by atoms with Crippen LogP contribution in [-0.4, -0.2) is 56.7 Å². The van der Waals surface area contributed by atoms with Crippen molar-refractivity contribution in [3.63, 3.8) is 0 Å². The number of hydrogen-bond acceptors (Lipinski definition) is 4. The number of nitrogens with zero attached hydrogens (tertiary/aromatic N) is 4. The van der Waals surface area contributed by atoms with Gasteiger partial charge in [0.05, 0.1) is 17.1 Å². The molecule has 4 heterocycles. The quantitative estimate of drug-likeness (QED) is 0.690. The van der Waals surface area contributed by atoms with Crippen molar-refractivity contribution in [2.45, 2.75) is 37.6 Å². The fraction of sp³-hybridized carbons (Fsp3) is 0.476. The normalized spacial score (nSPS) is 20.6. The van der Waals surface area contributed by atoms with E-state index in [1.165, 1.54) is 0 Å². The lowest BCUT2D eigenvalue weighted by Crippen LogP contribution is -2.38. The Hall–Kier alpha value is -2.38. The number of aromatic amines is 1. The Morgan fingerprint density at radius 3 is 2.69 bits per heavy atom. The monoisotopic (exact) mass is 414 g/mol. The number of para-hydroxylation sites is 2. The summed E-state index contributed by atoms with van der Waals surface area (Å²) in [5, 5.41) is 7.98. The van der Waals surface area contributed by atoms with Crippen molar-refractivity contribution in [3.8, 4) is 0 Å². The van der Waals surface area contributed by atoms with Crippen LogP contribution in [0.15, 0.2) is 36.5 Å². The van der Waals surface area contributed by atoms with Crippen LogP contribution in [0.3, 0.4) is 0 Å². The van der Waals surface area contributed by atoms with Gasteiger partial charge in [0.2, 0.25) is 0 Å². The van der Waals surface area contributed by atoms with Crippen LogP contribution < -0.4 is 5.32 Å². The number of hydrogen-bond donors (Lipinski definition) is 2. The molecule has 0 aliphatic carbocycles. The van der Waals surface area contributed by atoms with Gasteiger partial charge in [-0.25, -0.2) is 4.98 Å². The van der Waals surface area contributed by atoms with E-state index in [0.717, 1.165) is 68.7 Å². The van der Waals surface area contributed by atoms with Crippen LogP contribution in [0.2, 0.25) is 0 Å². The Labute approximate surface area is 176 Å². The fourth-order valence-electron chi connectivity index (χ4n) is 4.40. The summed E-state index contributed by atoms with van der Waals surface area (Å²) in [6.45, 7) is 3.50. The second kappa shape index (κ2) is 8.55. The summed E-state index contributed by atoms with van der Waals surface area (Å²) in [4.78, 5) is 23.0. The molecule has 2 aromatic heterocycles. The average Bonchev–Trinajstić information content (AvgIpc) is 3.41. The van der Waals surface area contributed by atoms with Gasteiger partial charge in [0, 0.05) is 31.7 Å². The zero-order chi connectivity index (χ0) is 18.9. The predicted octanol–water partition coefficient (Wildman–Crippen LogP) is 3.13. The van der Waals surface area contributed by atoms with E-state index in [0.29, 0.717) is 17.7 Å². The van der Waals surface area contributed by atoms with Gasteiger partial charge in [0.15, 0.2) is 0 Å². The van der Waals surface area contributed by atoms with Gasteiger partial charge in [-0.3, -0.25) is 9.48 Å². The number of carbonyl (C=O) groups is 1. The molecule has 2 N–H and O–H groups in total. The lowest BCUT2D eigenvalue weighted by Gasteiger charge is -2.30. The first-order valence-electron chi connectivity index (χ1n) is 10.3. The van der Waals surface area contributed by atoms with Crippen LogP contribution in [0, 0.1) is 0 Å². The molecule has 154 valence electrons. The van der Waals surface area contributed by atoms with Crippen molar-refractivity contribution < 1.29 is 4.79 Å². The van der Waals surface area contributed by atoms with Crippen LogP contribution >= 0.6 is 12.4 Å². The topological polar surface area (TPSA) is 78.8 Å². The number of halogens is 1. The van der Waals surface area contributed by atoms with E-state index in [-0.39, 0.29) is 18.3 Å². The molecular weight excluding hydrogens is 388 g/mol. The molecule has 2 aliphatic rings. The highest BCUT2D eigenvalue weighted by Crippen LogP contribution is 2.28. The summed E-state index contributed by atoms with van der Waals surface area (Å²) in [6, 6.07) is 10.3. The first kappa shape index (κ1) is 19.9. The number of nitrogens with one attached hydrogen (secondary N) is 2. The van der Waals surface area contributed by atoms with Gasteiger partial charge < -0.3 is 15.2 Å². The largest absolute Gasteiger partial charge is 0.342 e. The van der Waals surface area contributed by atoms with Crippen LogP contribution in [0.5, 0.6) is 0 Å². The smallest absolute Gasteiger partial charge is 0.274 e. The number of piperidine rings is 2. The number of carbonyl (C=O) groups excluding carboxylic acids is 1. The number of benzene rings is 1. The summed E-state index contributed by atoms with van der Waals surface area (Å²) >= 11 is 0. The van der Waals surface area contributed by atoms with E-state index >= 15 is 0 Å². The molecule has 0 bridgehead atoms. The maximum absolute atomic E-state index is 12.9. The van der Waals surface area contributed by atoms with E-state index in [1.807, 2.05) is 40.0 Å². The lowest BCUT2D eigenvalue weighted by atomic mass is 9.96. The van der Waals surface area contributed by atoms with E-state index in [1.54, 1.807) is 0 Å². The molecule has 1 aromatic carbocycles. The van der Waals surface area contributed by atoms with Crippen molar-refractivity contribution in [2.24, 2.45) is 0 Å². The molecule has 5 rings (SSSR count). The highest BCUT2D eigenvalue weighted by atomic mass is 35.5. The molecule has 1 atom stereocenters. The third kappa shape index (κ3) is 4.02. The van der Waals surface area contributed by atoms with Crippen LogP contribution in [0.4, 0.5) is 0 Å². The second-order valence-electron chi connectivity index (χ2n) is 7.89. The van der Waals surface area contributed by atoms with Gasteiger partial charge in [-0.15, -0.1) is 12.4 Å². The summed E-state index contributed by atoms with van der Waals surface area (Å²) in [6.07, 6.45) is 6.08. The summed E-state index contributed by atoms with van der Waals surface area (Å²) in [7, 11) is 0. The average molecular weight is 415 g/mol. The molecule has 7 nitrogen and oxygen atoms in total. The number of aromatic nitrogens is 4. The third-order valence-electron chi connectivity index (χ3n) is 6.05. The zero-order valence-electron chi connectivity index (χ0n) is 16.4. The molecule has 0 spiro atoms. The standard InChI is InChI=1S/C21H26N6O.ClH/c28-21(19-9-13-27(25-19)16-4-3-10-22-14-16)26-11-7-15(8-12-26)20-23-17-5-1-2-6-18(17)24-20;/h1-2,5-6,9,13,15-16,22H,3-4,7-8,10-12,14H2,(H,23,24);1H. The fourth-order valence-corrected chi connectivity index (χ4v) is 4.40. The zero-order valence-corrected chi connectivity index (χ0v) is 17.2. The Morgan fingerprint density at radius 2 is 1.93 bits per heavy atom. The van der Waals surface area contributed by atoms with E-state index in [4.69, 9.17) is 4.98 Å². The maximum atomic E-state index is 12.9. The number of fused-ring (bicyclic) bond motifs is 1. The number of rotatable bonds is 3. The number of amides is 1. The van der Waals surface area contributed by atoms with Gasteiger partial charge in [-0.05, 0) is 50.4 Å². The Balaban J connectivity index is 0.00000205. The van der Waals surface area contributed by atoms with Gasteiger partial charge in [-0.1, -0.05) is 12.1 Å². The SMILES string of the molecule is Cl.O=C(c1ccn(C2CCCNC2)n1)N1CCC(c2nc3ccccc3[nH]2)CC1. The predicted molar refractivity (Wildman–Crippen MR) is 115 cm³/mol. The van der Waals surface area contributed by atoms with Crippen molar-refractivity contribution in [1.29, 1.82) is 0 Å². The minimum atomic E-state index is 0. The molecule has 1 unspecified atom stereocenters. The van der Waals surface area contributed by atoms with Gasteiger partial charge >= 0.3 is 0 Å². The van der Waals surface area contributed by atoms with Gasteiger partial charge in [0.25, 0.3) is 5.91 Å². The molecule has 0 radical (unpaired) electrons. The molecule has 2 saturated heterocycles.